The lowest BCUT2D eigenvalue weighted by Crippen LogP contribution is -2.44. The summed E-state index contributed by atoms with van der Waals surface area (Å²) in [5.41, 5.74) is 0.603. The second-order valence-corrected chi connectivity index (χ2v) is 8.11. The van der Waals surface area contributed by atoms with Crippen LogP contribution in [0.15, 0.2) is 0 Å². The van der Waals surface area contributed by atoms with Crippen LogP contribution in [0.2, 0.25) is 0 Å². The number of rotatable bonds is 12. The Morgan fingerprint density at radius 1 is 1.00 bits per heavy atom. The second kappa shape index (κ2) is 10.6. The Labute approximate surface area is 134 Å². The van der Waals surface area contributed by atoms with Gasteiger partial charge in [-0.1, -0.05) is 40.5 Å². The molecule has 0 aliphatic heterocycles. The van der Waals surface area contributed by atoms with E-state index in [-0.39, 0.29) is 5.54 Å². The molecule has 0 aliphatic carbocycles. The maximum atomic E-state index is 5.89. The third-order valence-electron chi connectivity index (χ3n) is 4.42. The second-order valence-electron chi connectivity index (χ2n) is 8.11. The predicted octanol–water partition coefficient (Wildman–Crippen LogP) is 5.41. The van der Waals surface area contributed by atoms with E-state index in [1.54, 1.807) is 0 Å². The lowest BCUT2D eigenvalue weighted by molar-refractivity contribution is 0.0757. The fraction of sp³-hybridized carbons (Fsp3) is 1.00. The van der Waals surface area contributed by atoms with Crippen molar-refractivity contribution in [1.82, 2.24) is 5.32 Å². The SMILES string of the molecule is CCCCC(CC)(CCOCCC(C)C)CNC(C)(C)C. The highest BCUT2D eigenvalue weighted by atomic mass is 16.5. The van der Waals surface area contributed by atoms with E-state index in [1.807, 2.05) is 0 Å². The largest absolute Gasteiger partial charge is 0.381 e. The maximum Gasteiger partial charge on any atom is 0.0471 e. The van der Waals surface area contributed by atoms with E-state index >= 15 is 0 Å². The number of hydrogen-bond donors (Lipinski definition) is 1. The topological polar surface area (TPSA) is 21.3 Å². The standard InChI is InChI=1S/C19H41NO/c1-8-10-12-19(9-2,16-20-18(5,6)7)13-15-21-14-11-17(3)4/h17,20H,8-16H2,1-7H3. The highest BCUT2D eigenvalue weighted by Gasteiger charge is 2.28. The third kappa shape index (κ3) is 11.2. The highest BCUT2D eigenvalue weighted by Crippen LogP contribution is 2.33. The summed E-state index contributed by atoms with van der Waals surface area (Å²) in [5, 5.41) is 3.73. The molecule has 1 N–H and O–H groups in total. The van der Waals surface area contributed by atoms with E-state index in [9.17, 15) is 0 Å². The minimum atomic E-state index is 0.200. The van der Waals surface area contributed by atoms with Crippen LogP contribution in [0, 0.1) is 11.3 Å². The molecule has 0 fully saturated rings. The van der Waals surface area contributed by atoms with Crippen molar-refractivity contribution < 1.29 is 4.74 Å². The van der Waals surface area contributed by atoms with Crippen LogP contribution in [0.3, 0.4) is 0 Å². The molecule has 0 aromatic carbocycles. The summed E-state index contributed by atoms with van der Waals surface area (Å²) in [6, 6.07) is 0. The van der Waals surface area contributed by atoms with Gasteiger partial charge in [0.05, 0.1) is 0 Å². The first-order chi connectivity index (χ1) is 9.74. The fourth-order valence-corrected chi connectivity index (χ4v) is 2.49. The molecule has 0 amide bonds. The Morgan fingerprint density at radius 3 is 2.14 bits per heavy atom. The van der Waals surface area contributed by atoms with Gasteiger partial charge in [0.25, 0.3) is 0 Å². The predicted molar refractivity (Wildman–Crippen MR) is 94.9 cm³/mol. The minimum absolute atomic E-state index is 0.200. The molecule has 0 bridgehead atoms. The van der Waals surface area contributed by atoms with Crippen molar-refractivity contribution in [3.05, 3.63) is 0 Å². The summed E-state index contributed by atoms with van der Waals surface area (Å²) in [4.78, 5) is 0. The van der Waals surface area contributed by atoms with E-state index in [1.165, 1.54) is 38.5 Å². The molecule has 0 aromatic rings. The summed E-state index contributed by atoms with van der Waals surface area (Å²) in [6.07, 6.45) is 7.52. The van der Waals surface area contributed by atoms with Gasteiger partial charge in [-0.25, -0.2) is 0 Å². The molecule has 0 rings (SSSR count). The molecule has 0 aliphatic rings. The van der Waals surface area contributed by atoms with Crippen LogP contribution in [-0.4, -0.2) is 25.3 Å². The third-order valence-corrected chi connectivity index (χ3v) is 4.42. The Balaban J connectivity index is 4.34. The first kappa shape index (κ1) is 20.9. The Kier molecular flexibility index (Phi) is 10.6. The monoisotopic (exact) mass is 299 g/mol. The number of unbranched alkanes of at least 4 members (excludes halogenated alkanes) is 1. The van der Waals surface area contributed by atoms with Crippen molar-refractivity contribution in [3.8, 4) is 0 Å². The van der Waals surface area contributed by atoms with Gasteiger partial charge < -0.3 is 10.1 Å². The summed E-state index contributed by atoms with van der Waals surface area (Å²) in [5.74, 6) is 0.739. The Hall–Kier alpha value is -0.0800. The van der Waals surface area contributed by atoms with Crippen LogP contribution in [-0.2, 0) is 4.74 Å². The van der Waals surface area contributed by atoms with Crippen LogP contribution in [0.1, 0.15) is 87.0 Å². The highest BCUT2D eigenvalue weighted by molar-refractivity contribution is 4.84. The molecule has 0 saturated carbocycles. The summed E-state index contributed by atoms with van der Waals surface area (Å²) in [7, 11) is 0. The van der Waals surface area contributed by atoms with E-state index in [0.29, 0.717) is 5.41 Å². The lowest BCUT2D eigenvalue weighted by Gasteiger charge is -2.36. The van der Waals surface area contributed by atoms with E-state index in [0.717, 1.165) is 25.7 Å². The summed E-state index contributed by atoms with van der Waals surface area (Å²) < 4.78 is 5.89. The molecular formula is C19H41NO. The Morgan fingerprint density at radius 2 is 1.67 bits per heavy atom. The molecule has 0 saturated heterocycles. The van der Waals surface area contributed by atoms with Gasteiger partial charge in [0.1, 0.15) is 0 Å². The average Bonchev–Trinajstić information content (AvgIpc) is 2.40. The molecule has 21 heavy (non-hydrogen) atoms. The summed E-state index contributed by atoms with van der Waals surface area (Å²) >= 11 is 0. The van der Waals surface area contributed by atoms with Crippen molar-refractivity contribution in [3.63, 3.8) is 0 Å². The van der Waals surface area contributed by atoms with Crippen molar-refractivity contribution in [2.75, 3.05) is 19.8 Å². The van der Waals surface area contributed by atoms with Gasteiger partial charge in [0.2, 0.25) is 0 Å². The fourth-order valence-electron chi connectivity index (χ4n) is 2.49. The molecule has 128 valence electrons. The molecule has 0 spiro atoms. The van der Waals surface area contributed by atoms with Gasteiger partial charge in [-0.05, 0) is 57.8 Å². The van der Waals surface area contributed by atoms with E-state index in [2.05, 4.69) is 53.8 Å². The zero-order chi connectivity index (χ0) is 16.4. The number of hydrogen-bond acceptors (Lipinski definition) is 2. The molecule has 2 nitrogen and oxygen atoms in total. The van der Waals surface area contributed by atoms with Crippen LogP contribution in [0.25, 0.3) is 0 Å². The van der Waals surface area contributed by atoms with Gasteiger partial charge in [0, 0.05) is 25.3 Å². The first-order valence-electron chi connectivity index (χ1n) is 9.07. The van der Waals surface area contributed by atoms with Crippen molar-refractivity contribution in [1.29, 1.82) is 0 Å². The maximum absolute atomic E-state index is 5.89. The van der Waals surface area contributed by atoms with Gasteiger partial charge >= 0.3 is 0 Å². The molecular weight excluding hydrogens is 258 g/mol. The first-order valence-corrected chi connectivity index (χ1v) is 9.07. The van der Waals surface area contributed by atoms with Gasteiger partial charge in [-0.3, -0.25) is 0 Å². The van der Waals surface area contributed by atoms with Crippen molar-refractivity contribution in [2.24, 2.45) is 11.3 Å². The summed E-state index contributed by atoms with van der Waals surface area (Å²) in [6.45, 7) is 18.9. The normalized spacial score (nSPS) is 15.4. The van der Waals surface area contributed by atoms with Gasteiger partial charge in [0.15, 0.2) is 0 Å². The zero-order valence-corrected chi connectivity index (χ0v) is 15.8. The minimum Gasteiger partial charge on any atom is -0.381 e. The van der Waals surface area contributed by atoms with Crippen LogP contribution < -0.4 is 5.32 Å². The molecule has 0 aromatic heterocycles. The molecule has 0 heterocycles. The van der Waals surface area contributed by atoms with Crippen LogP contribution in [0.4, 0.5) is 0 Å². The smallest absolute Gasteiger partial charge is 0.0471 e. The lowest BCUT2D eigenvalue weighted by atomic mass is 9.77. The van der Waals surface area contributed by atoms with Crippen LogP contribution in [0.5, 0.6) is 0 Å². The number of ether oxygens (including phenoxy) is 1. The van der Waals surface area contributed by atoms with Gasteiger partial charge in [-0.2, -0.15) is 0 Å². The van der Waals surface area contributed by atoms with Crippen molar-refractivity contribution >= 4 is 0 Å². The van der Waals surface area contributed by atoms with Gasteiger partial charge in [-0.15, -0.1) is 0 Å². The quantitative estimate of drug-likeness (QED) is 0.486. The van der Waals surface area contributed by atoms with E-state index in [4.69, 9.17) is 4.74 Å². The van der Waals surface area contributed by atoms with Crippen molar-refractivity contribution in [2.45, 2.75) is 92.5 Å². The van der Waals surface area contributed by atoms with E-state index < -0.39 is 0 Å². The number of nitrogens with one attached hydrogen (secondary N) is 1. The zero-order valence-electron chi connectivity index (χ0n) is 15.8. The molecule has 0 radical (unpaired) electrons. The molecule has 1 atom stereocenters. The average molecular weight is 300 g/mol. The molecule has 2 heteroatoms. The van der Waals surface area contributed by atoms with Crippen LogP contribution >= 0.6 is 0 Å². The molecule has 1 unspecified atom stereocenters. The Bertz CT molecular complexity index is 244.